The van der Waals surface area contributed by atoms with E-state index >= 15 is 0 Å². The number of benzene rings is 1. The fourth-order valence-corrected chi connectivity index (χ4v) is 2.35. The Bertz CT molecular complexity index is 481. The number of halogens is 1. The Labute approximate surface area is 131 Å². The molecular formula is C15H22ClN3O2. The molecule has 1 fully saturated rings. The quantitative estimate of drug-likeness (QED) is 0.875. The van der Waals surface area contributed by atoms with Gasteiger partial charge in [0.1, 0.15) is 0 Å². The molecule has 0 radical (unpaired) electrons. The van der Waals surface area contributed by atoms with E-state index in [9.17, 15) is 9.59 Å². The third kappa shape index (κ3) is 4.72. The van der Waals surface area contributed by atoms with Crippen LogP contribution in [0.2, 0.25) is 0 Å². The SMILES string of the molecule is CC1CN(C(=O)CNC(=O)c2ccccc2)CCC1N.Cl. The summed E-state index contributed by atoms with van der Waals surface area (Å²) in [4.78, 5) is 25.7. The van der Waals surface area contributed by atoms with E-state index in [0.717, 1.165) is 6.42 Å². The van der Waals surface area contributed by atoms with Crippen LogP contribution in [0.25, 0.3) is 0 Å². The number of hydrogen-bond acceptors (Lipinski definition) is 3. The average molecular weight is 312 g/mol. The van der Waals surface area contributed by atoms with E-state index < -0.39 is 0 Å². The van der Waals surface area contributed by atoms with Crippen molar-refractivity contribution < 1.29 is 9.59 Å². The molecule has 0 aliphatic carbocycles. The van der Waals surface area contributed by atoms with Gasteiger partial charge in [-0.3, -0.25) is 9.59 Å². The van der Waals surface area contributed by atoms with E-state index in [4.69, 9.17) is 5.73 Å². The van der Waals surface area contributed by atoms with Crippen molar-refractivity contribution in [1.82, 2.24) is 10.2 Å². The number of nitrogens with zero attached hydrogens (tertiary/aromatic N) is 1. The molecule has 21 heavy (non-hydrogen) atoms. The van der Waals surface area contributed by atoms with Crippen LogP contribution in [0.4, 0.5) is 0 Å². The monoisotopic (exact) mass is 311 g/mol. The third-order valence-electron chi connectivity index (χ3n) is 3.76. The highest BCUT2D eigenvalue weighted by atomic mass is 35.5. The Morgan fingerprint density at radius 1 is 1.33 bits per heavy atom. The molecule has 116 valence electrons. The first-order valence-corrected chi connectivity index (χ1v) is 6.94. The van der Waals surface area contributed by atoms with Gasteiger partial charge in [0.15, 0.2) is 0 Å². The zero-order chi connectivity index (χ0) is 14.5. The number of hydrogen-bond donors (Lipinski definition) is 2. The van der Waals surface area contributed by atoms with Gasteiger partial charge in [-0.2, -0.15) is 0 Å². The van der Waals surface area contributed by atoms with Crippen LogP contribution in [0, 0.1) is 5.92 Å². The zero-order valence-corrected chi connectivity index (χ0v) is 12.9. The summed E-state index contributed by atoms with van der Waals surface area (Å²) in [5.74, 6) is 0.0336. The van der Waals surface area contributed by atoms with Gasteiger partial charge in [0.25, 0.3) is 5.91 Å². The number of nitrogens with one attached hydrogen (secondary N) is 1. The van der Waals surface area contributed by atoms with Crippen LogP contribution in [0.3, 0.4) is 0 Å². The number of carbonyl (C=O) groups is 2. The molecule has 1 heterocycles. The third-order valence-corrected chi connectivity index (χ3v) is 3.76. The van der Waals surface area contributed by atoms with Gasteiger partial charge < -0.3 is 16.0 Å². The van der Waals surface area contributed by atoms with Crippen LogP contribution in [0.5, 0.6) is 0 Å². The number of nitrogens with two attached hydrogens (primary N) is 1. The molecule has 3 N–H and O–H groups in total. The van der Waals surface area contributed by atoms with Crippen molar-refractivity contribution in [3.63, 3.8) is 0 Å². The van der Waals surface area contributed by atoms with Gasteiger partial charge in [-0.25, -0.2) is 0 Å². The summed E-state index contributed by atoms with van der Waals surface area (Å²) in [6, 6.07) is 9.05. The van der Waals surface area contributed by atoms with Crippen LogP contribution in [-0.4, -0.2) is 42.4 Å². The Morgan fingerprint density at radius 3 is 2.62 bits per heavy atom. The van der Waals surface area contributed by atoms with Crippen molar-refractivity contribution in [3.8, 4) is 0 Å². The number of amides is 2. The number of carbonyl (C=O) groups excluding carboxylic acids is 2. The Hall–Kier alpha value is -1.59. The molecule has 2 atom stereocenters. The van der Waals surface area contributed by atoms with Crippen LogP contribution >= 0.6 is 12.4 Å². The Balaban J connectivity index is 0.00000220. The first kappa shape index (κ1) is 17.5. The van der Waals surface area contributed by atoms with Crippen molar-refractivity contribution in [1.29, 1.82) is 0 Å². The lowest BCUT2D eigenvalue weighted by Crippen LogP contribution is -2.50. The Kier molecular flexibility index (Phi) is 6.65. The van der Waals surface area contributed by atoms with Gasteiger partial charge in [-0.1, -0.05) is 25.1 Å². The van der Waals surface area contributed by atoms with Crippen molar-refractivity contribution in [2.45, 2.75) is 19.4 Å². The van der Waals surface area contributed by atoms with Crippen molar-refractivity contribution in [2.24, 2.45) is 11.7 Å². The fourth-order valence-electron chi connectivity index (χ4n) is 2.35. The van der Waals surface area contributed by atoms with Gasteiger partial charge in [0, 0.05) is 24.7 Å². The summed E-state index contributed by atoms with van der Waals surface area (Å²) in [5.41, 5.74) is 6.50. The molecule has 2 unspecified atom stereocenters. The highest BCUT2D eigenvalue weighted by molar-refractivity contribution is 5.96. The van der Waals surface area contributed by atoms with Gasteiger partial charge in [0.05, 0.1) is 6.54 Å². The predicted octanol–water partition coefficient (Wildman–Crippen LogP) is 1.03. The van der Waals surface area contributed by atoms with Crippen LogP contribution in [-0.2, 0) is 4.79 Å². The van der Waals surface area contributed by atoms with E-state index in [0.29, 0.717) is 24.6 Å². The normalized spacial score (nSPS) is 21.3. The minimum absolute atomic E-state index is 0. The largest absolute Gasteiger partial charge is 0.343 e. The zero-order valence-electron chi connectivity index (χ0n) is 12.1. The lowest BCUT2D eigenvalue weighted by atomic mass is 9.95. The maximum absolute atomic E-state index is 12.1. The van der Waals surface area contributed by atoms with E-state index in [1.165, 1.54) is 0 Å². The fraction of sp³-hybridized carbons (Fsp3) is 0.467. The summed E-state index contributed by atoms with van der Waals surface area (Å²) >= 11 is 0. The van der Waals surface area contributed by atoms with Crippen molar-refractivity contribution in [2.75, 3.05) is 19.6 Å². The van der Waals surface area contributed by atoms with Gasteiger partial charge >= 0.3 is 0 Å². The summed E-state index contributed by atoms with van der Waals surface area (Å²) in [5, 5.41) is 2.66. The minimum atomic E-state index is -0.222. The molecular weight excluding hydrogens is 290 g/mol. The average Bonchev–Trinajstić information content (AvgIpc) is 2.48. The van der Waals surface area contributed by atoms with Crippen LogP contribution in [0.15, 0.2) is 30.3 Å². The summed E-state index contributed by atoms with van der Waals surface area (Å²) in [6.45, 7) is 3.43. The first-order valence-electron chi connectivity index (χ1n) is 6.94. The highest BCUT2D eigenvalue weighted by Gasteiger charge is 2.26. The minimum Gasteiger partial charge on any atom is -0.343 e. The molecule has 1 aromatic carbocycles. The molecule has 1 aliphatic rings. The summed E-state index contributed by atoms with van der Waals surface area (Å²) in [6.07, 6.45) is 0.819. The molecule has 2 amide bonds. The molecule has 1 aliphatic heterocycles. The predicted molar refractivity (Wildman–Crippen MR) is 84.4 cm³/mol. The maximum Gasteiger partial charge on any atom is 0.251 e. The van der Waals surface area contributed by atoms with E-state index in [2.05, 4.69) is 5.32 Å². The lowest BCUT2D eigenvalue weighted by Gasteiger charge is -2.35. The molecule has 0 spiro atoms. The number of likely N-dealkylation sites (tertiary alicyclic amines) is 1. The topological polar surface area (TPSA) is 75.4 Å². The van der Waals surface area contributed by atoms with Gasteiger partial charge in [0.2, 0.25) is 5.91 Å². The Morgan fingerprint density at radius 2 is 2.00 bits per heavy atom. The number of piperidine rings is 1. The molecule has 5 nitrogen and oxygen atoms in total. The molecule has 2 rings (SSSR count). The molecule has 0 aromatic heterocycles. The molecule has 1 saturated heterocycles. The van der Waals surface area contributed by atoms with E-state index in [1.54, 1.807) is 29.2 Å². The molecule has 6 heteroatoms. The van der Waals surface area contributed by atoms with Crippen molar-refractivity contribution in [3.05, 3.63) is 35.9 Å². The number of rotatable bonds is 3. The first-order chi connectivity index (χ1) is 9.58. The lowest BCUT2D eigenvalue weighted by molar-refractivity contribution is -0.132. The van der Waals surface area contributed by atoms with Gasteiger partial charge in [-0.15, -0.1) is 12.4 Å². The van der Waals surface area contributed by atoms with Gasteiger partial charge in [-0.05, 0) is 24.5 Å². The molecule has 0 saturated carbocycles. The van der Waals surface area contributed by atoms with E-state index in [1.807, 2.05) is 13.0 Å². The molecule has 0 bridgehead atoms. The van der Waals surface area contributed by atoms with E-state index in [-0.39, 0.29) is 36.8 Å². The highest BCUT2D eigenvalue weighted by Crippen LogP contribution is 2.14. The maximum atomic E-state index is 12.1. The standard InChI is InChI=1S/C15H21N3O2.ClH/c1-11-10-18(8-7-13(11)16)14(19)9-17-15(20)12-5-3-2-4-6-12;/h2-6,11,13H,7-10,16H2,1H3,(H,17,20);1H. The second-order valence-corrected chi connectivity index (χ2v) is 5.32. The molecule has 1 aromatic rings. The van der Waals surface area contributed by atoms with Crippen LogP contribution < -0.4 is 11.1 Å². The van der Waals surface area contributed by atoms with Crippen LogP contribution in [0.1, 0.15) is 23.7 Å². The second-order valence-electron chi connectivity index (χ2n) is 5.32. The van der Waals surface area contributed by atoms with Crippen molar-refractivity contribution >= 4 is 24.2 Å². The second kappa shape index (κ2) is 8.00. The summed E-state index contributed by atoms with van der Waals surface area (Å²) < 4.78 is 0. The smallest absolute Gasteiger partial charge is 0.251 e. The summed E-state index contributed by atoms with van der Waals surface area (Å²) in [7, 11) is 0.